The van der Waals surface area contributed by atoms with Crippen molar-refractivity contribution in [1.29, 1.82) is 0 Å². The second-order valence-electron chi connectivity index (χ2n) is 5.57. The fourth-order valence-corrected chi connectivity index (χ4v) is 2.89. The van der Waals surface area contributed by atoms with Gasteiger partial charge in [0.25, 0.3) is 11.8 Å². The van der Waals surface area contributed by atoms with Gasteiger partial charge in [-0.05, 0) is 33.1 Å². The zero-order valence-electron chi connectivity index (χ0n) is 14.2. The first-order valence-electron chi connectivity index (χ1n) is 8.29. The Balaban J connectivity index is 2.30. The molecule has 7 heteroatoms. The number of hydrogen-bond acceptors (Lipinski definition) is 4. The predicted octanol–water partition coefficient (Wildman–Crippen LogP) is 1.08. The lowest BCUT2D eigenvalue weighted by atomic mass is 10.1. The Labute approximate surface area is 137 Å². The average Bonchev–Trinajstić information content (AvgIpc) is 2.95. The third kappa shape index (κ3) is 3.72. The van der Waals surface area contributed by atoms with E-state index < -0.39 is 0 Å². The normalized spacial score (nSPS) is 13.5. The van der Waals surface area contributed by atoms with Gasteiger partial charge in [0.15, 0.2) is 5.82 Å². The highest BCUT2D eigenvalue weighted by Gasteiger charge is 2.28. The average molecular weight is 322 g/mol. The van der Waals surface area contributed by atoms with Gasteiger partial charge in [0.2, 0.25) is 0 Å². The molecule has 0 saturated heterocycles. The largest absolute Gasteiger partial charge is 0.383 e. The Hall–Kier alpha value is -1.89. The Morgan fingerprint density at radius 3 is 2.70 bits per heavy atom. The van der Waals surface area contributed by atoms with Crippen LogP contribution in [-0.4, -0.2) is 59.6 Å². The maximum atomic E-state index is 12.7. The summed E-state index contributed by atoms with van der Waals surface area (Å²) in [6, 6.07) is 0. The molecule has 0 atom stereocenters. The van der Waals surface area contributed by atoms with Crippen LogP contribution in [0, 0.1) is 0 Å². The van der Waals surface area contributed by atoms with Crippen molar-refractivity contribution in [2.24, 2.45) is 0 Å². The second kappa shape index (κ2) is 8.10. The van der Waals surface area contributed by atoms with Gasteiger partial charge in [0.05, 0.1) is 12.3 Å². The summed E-state index contributed by atoms with van der Waals surface area (Å²) in [5.41, 5.74) is 1.26. The van der Waals surface area contributed by atoms with Crippen LogP contribution in [0.2, 0.25) is 0 Å². The standard InChI is InChI=1S/C16H26N4O3/c1-4-19(5-2)16(22)14-18-13(15(21)17-9-11-23-3)12-8-6-7-10-20(12)14/h4-11H2,1-3H3,(H,17,21). The van der Waals surface area contributed by atoms with E-state index in [0.717, 1.165) is 31.5 Å². The number of rotatable bonds is 7. The number of hydrogen-bond donors (Lipinski definition) is 1. The molecule has 0 spiro atoms. The molecule has 2 amide bonds. The SMILES string of the molecule is CCN(CC)C(=O)c1nc(C(=O)NCCOC)c2n1CCCC2. The second-order valence-corrected chi connectivity index (χ2v) is 5.57. The summed E-state index contributed by atoms with van der Waals surface area (Å²) in [6.45, 7) is 6.78. The van der Waals surface area contributed by atoms with Gasteiger partial charge < -0.3 is 19.5 Å². The number of methoxy groups -OCH3 is 1. The Morgan fingerprint density at radius 1 is 1.30 bits per heavy atom. The molecule has 0 aromatic carbocycles. The molecular weight excluding hydrogens is 296 g/mol. The third-order valence-corrected chi connectivity index (χ3v) is 4.17. The monoisotopic (exact) mass is 322 g/mol. The van der Waals surface area contributed by atoms with Gasteiger partial charge in [-0.3, -0.25) is 9.59 Å². The highest BCUT2D eigenvalue weighted by Crippen LogP contribution is 2.22. The van der Waals surface area contributed by atoms with Crippen LogP contribution < -0.4 is 5.32 Å². The van der Waals surface area contributed by atoms with Crippen LogP contribution in [-0.2, 0) is 17.7 Å². The molecule has 128 valence electrons. The van der Waals surface area contributed by atoms with Crippen molar-refractivity contribution < 1.29 is 14.3 Å². The first kappa shape index (κ1) is 17.5. The fraction of sp³-hybridized carbons (Fsp3) is 0.688. The van der Waals surface area contributed by atoms with Crippen molar-refractivity contribution in [3.63, 3.8) is 0 Å². The van der Waals surface area contributed by atoms with Gasteiger partial charge in [0, 0.05) is 33.3 Å². The fourth-order valence-electron chi connectivity index (χ4n) is 2.89. The maximum absolute atomic E-state index is 12.7. The molecular formula is C16H26N4O3. The quantitative estimate of drug-likeness (QED) is 0.762. The van der Waals surface area contributed by atoms with Gasteiger partial charge in [0.1, 0.15) is 5.69 Å². The minimum atomic E-state index is -0.230. The van der Waals surface area contributed by atoms with E-state index in [4.69, 9.17) is 4.74 Å². The van der Waals surface area contributed by atoms with Crippen molar-refractivity contribution in [2.75, 3.05) is 33.4 Å². The van der Waals surface area contributed by atoms with Crippen molar-refractivity contribution >= 4 is 11.8 Å². The van der Waals surface area contributed by atoms with E-state index in [1.54, 1.807) is 12.0 Å². The van der Waals surface area contributed by atoms with Crippen LogP contribution in [0.1, 0.15) is 53.5 Å². The number of amides is 2. The van der Waals surface area contributed by atoms with Crippen LogP contribution in [0.4, 0.5) is 0 Å². The predicted molar refractivity (Wildman–Crippen MR) is 86.6 cm³/mol. The zero-order valence-corrected chi connectivity index (χ0v) is 14.2. The van der Waals surface area contributed by atoms with Crippen LogP contribution in [0.15, 0.2) is 0 Å². The van der Waals surface area contributed by atoms with Gasteiger partial charge in [-0.25, -0.2) is 4.98 Å². The highest BCUT2D eigenvalue weighted by molar-refractivity contribution is 5.97. The lowest BCUT2D eigenvalue weighted by Gasteiger charge is -2.21. The molecule has 1 aliphatic heterocycles. The molecule has 2 rings (SSSR count). The van der Waals surface area contributed by atoms with E-state index in [9.17, 15) is 9.59 Å². The van der Waals surface area contributed by atoms with Crippen LogP contribution >= 0.6 is 0 Å². The van der Waals surface area contributed by atoms with E-state index in [2.05, 4.69) is 10.3 Å². The molecule has 0 saturated carbocycles. The Morgan fingerprint density at radius 2 is 2.04 bits per heavy atom. The molecule has 1 N–H and O–H groups in total. The van der Waals surface area contributed by atoms with Crippen LogP contribution in [0.5, 0.6) is 0 Å². The molecule has 0 fully saturated rings. The van der Waals surface area contributed by atoms with E-state index in [0.29, 0.717) is 37.8 Å². The summed E-state index contributed by atoms with van der Waals surface area (Å²) >= 11 is 0. The van der Waals surface area contributed by atoms with E-state index in [-0.39, 0.29) is 11.8 Å². The van der Waals surface area contributed by atoms with Gasteiger partial charge >= 0.3 is 0 Å². The molecule has 0 bridgehead atoms. The third-order valence-electron chi connectivity index (χ3n) is 4.17. The maximum Gasteiger partial charge on any atom is 0.289 e. The van der Waals surface area contributed by atoms with Gasteiger partial charge in [-0.15, -0.1) is 0 Å². The molecule has 1 aliphatic rings. The minimum Gasteiger partial charge on any atom is -0.383 e. The first-order chi connectivity index (χ1) is 11.1. The molecule has 0 aliphatic carbocycles. The zero-order chi connectivity index (χ0) is 16.8. The number of aromatic nitrogens is 2. The number of nitrogens with one attached hydrogen (secondary N) is 1. The summed E-state index contributed by atoms with van der Waals surface area (Å²) in [5, 5.41) is 2.79. The molecule has 1 aromatic rings. The molecule has 23 heavy (non-hydrogen) atoms. The summed E-state index contributed by atoms with van der Waals surface area (Å²) in [4.78, 5) is 31.2. The molecule has 0 radical (unpaired) electrons. The van der Waals surface area contributed by atoms with Crippen molar-refractivity contribution in [3.05, 3.63) is 17.2 Å². The highest BCUT2D eigenvalue weighted by atomic mass is 16.5. The van der Waals surface area contributed by atoms with E-state index in [1.807, 2.05) is 18.4 Å². The lowest BCUT2D eigenvalue weighted by molar-refractivity contribution is 0.0754. The van der Waals surface area contributed by atoms with Crippen molar-refractivity contribution in [1.82, 2.24) is 19.8 Å². The number of ether oxygens (including phenoxy) is 1. The van der Waals surface area contributed by atoms with E-state index in [1.165, 1.54) is 0 Å². The summed E-state index contributed by atoms with van der Waals surface area (Å²) in [6.07, 6.45) is 2.81. The molecule has 7 nitrogen and oxygen atoms in total. The lowest BCUT2D eigenvalue weighted by Crippen LogP contribution is -2.33. The first-order valence-corrected chi connectivity index (χ1v) is 8.29. The number of fused-ring (bicyclic) bond motifs is 1. The molecule has 1 aromatic heterocycles. The summed E-state index contributed by atoms with van der Waals surface area (Å²) < 4.78 is 6.87. The van der Waals surface area contributed by atoms with Gasteiger partial charge in [-0.2, -0.15) is 0 Å². The minimum absolute atomic E-state index is 0.103. The van der Waals surface area contributed by atoms with E-state index >= 15 is 0 Å². The van der Waals surface area contributed by atoms with Crippen LogP contribution in [0.25, 0.3) is 0 Å². The van der Waals surface area contributed by atoms with Crippen LogP contribution in [0.3, 0.4) is 0 Å². The number of nitrogens with zero attached hydrogens (tertiary/aromatic N) is 3. The Bertz CT molecular complexity index is 564. The molecule has 0 unspecified atom stereocenters. The number of carbonyl (C=O) groups excluding carboxylic acids is 2. The summed E-state index contributed by atoms with van der Waals surface area (Å²) in [5.74, 6) is 0.0562. The van der Waals surface area contributed by atoms with Gasteiger partial charge in [-0.1, -0.05) is 0 Å². The molecule has 2 heterocycles. The van der Waals surface area contributed by atoms with Crippen molar-refractivity contribution in [3.8, 4) is 0 Å². The number of imidazole rings is 1. The summed E-state index contributed by atoms with van der Waals surface area (Å²) in [7, 11) is 1.59. The topological polar surface area (TPSA) is 76.5 Å². The number of carbonyl (C=O) groups is 2. The Kier molecular flexibility index (Phi) is 6.15. The smallest absolute Gasteiger partial charge is 0.289 e. The van der Waals surface area contributed by atoms with Crippen molar-refractivity contribution in [2.45, 2.75) is 39.7 Å².